The van der Waals surface area contributed by atoms with Crippen LogP contribution in [0.3, 0.4) is 0 Å². The zero-order chi connectivity index (χ0) is 11.6. The molecule has 2 amide bonds. The summed E-state index contributed by atoms with van der Waals surface area (Å²) in [5.74, 6) is -2.95. The average Bonchev–Trinajstić information content (AvgIpc) is 2.16. The third-order valence-electron chi connectivity index (χ3n) is 2.21. The Morgan fingerprint density at radius 2 is 1.93 bits per heavy atom. The maximum Gasteiger partial charge on any atom is 0.332 e. The minimum absolute atomic E-state index is 0.353. The van der Waals surface area contributed by atoms with Gasteiger partial charge in [-0.2, -0.15) is 0 Å². The molecule has 1 rings (SSSR count). The van der Waals surface area contributed by atoms with Crippen LogP contribution in [-0.4, -0.2) is 58.3 Å². The number of nitrogens with zero attached hydrogens (tertiary/aromatic N) is 1. The zero-order valence-electron chi connectivity index (χ0n) is 8.10. The second-order valence-corrected chi connectivity index (χ2v) is 3.35. The molecule has 1 atom stereocenters. The molecule has 84 valence electrons. The molecule has 1 fully saturated rings. The van der Waals surface area contributed by atoms with Crippen molar-refractivity contribution in [3.63, 3.8) is 0 Å². The van der Waals surface area contributed by atoms with Crippen molar-refractivity contribution in [3.05, 3.63) is 0 Å². The molecule has 1 aliphatic heterocycles. The van der Waals surface area contributed by atoms with Gasteiger partial charge < -0.3 is 14.9 Å². The summed E-state index contributed by atoms with van der Waals surface area (Å²) in [5.41, 5.74) is -1.92. The predicted octanol–water partition coefficient (Wildman–Crippen LogP) is -1.79. The number of carboxylic acid groups (broad SMARTS) is 1. The minimum atomic E-state index is -1.92. The van der Waals surface area contributed by atoms with Gasteiger partial charge in [0.1, 0.15) is 13.2 Å². The third kappa shape index (κ3) is 1.83. The van der Waals surface area contributed by atoms with Gasteiger partial charge in [0, 0.05) is 0 Å². The molecular weight excluding hydrogens is 206 g/mol. The van der Waals surface area contributed by atoms with Crippen LogP contribution < -0.4 is 0 Å². The standard InChI is InChI=1S/C8H11NO6/c1-8(4-10,7(13)14)9-5(11)2-15-3-6(9)12/h10H,2-4H2,1H3,(H,13,14). The smallest absolute Gasteiger partial charge is 0.332 e. The number of aliphatic carboxylic acids is 1. The number of rotatable bonds is 3. The fourth-order valence-electron chi connectivity index (χ4n) is 1.28. The monoisotopic (exact) mass is 217 g/mol. The largest absolute Gasteiger partial charge is 0.479 e. The second-order valence-electron chi connectivity index (χ2n) is 3.35. The van der Waals surface area contributed by atoms with Gasteiger partial charge in [-0.3, -0.25) is 14.5 Å². The first-order valence-electron chi connectivity index (χ1n) is 4.21. The molecule has 0 aromatic carbocycles. The Morgan fingerprint density at radius 3 is 2.27 bits per heavy atom. The van der Waals surface area contributed by atoms with Crippen molar-refractivity contribution in [3.8, 4) is 0 Å². The van der Waals surface area contributed by atoms with Crippen LogP contribution in [0.25, 0.3) is 0 Å². The highest BCUT2D eigenvalue weighted by Crippen LogP contribution is 2.18. The van der Waals surface area contributed by atoms with E-state index in [0.29, 0.717) is 4.90 Å². The molecule has 1 aliphatic rings. The van der Waals surface area contributed by atoms with Crippen LogP contribution in [0.2, 0.25) is 0 Å². The molecule has 1 unspecified atom stereocenters. The highest BCUT2D eigenvalue weighted by Gasteiger charge is 2.47. The molecule has 7 nitrogen and oxygen atoms in total. The van der Waals surface area contributed by atoms with Gasteiger partial charge >= 0.3 is 5.97 Å². The molecule has 15 heavy (non-hydrogen) atoms. The number of ether oxygens (including phenoxy) is 1. The number of aliphatic hydroxyl groups is 1. The average molecular weight is 217 g/mol. The van der Waals surface area contributed by atoms with Gasteiger partial charge in [-0.1, -0.05) is 0 Å². The van der Waals surface area contributed by atoms with Crippen LogP contribution in [0, 0.1) is 0 Å². The Labute approximate surface area is 85.2 Å². The van der Waals surface area contributed by atoms with E-state index in [9.17, 15) is 14.4 Å². The van der Waals surface area contributed by atoms with Crippen molar-refractivity contribution < 1.29 is 29.3 Å². The van der Waals surface area contributed by atoms with Gasteiger partial charge in [0.15, 0.2) is 5.54 Å². The SMILES string of the molecule is CC(CO)(C(=O)O)N1C(=O)COCC1=O. The fraction of sp³-hybridized carbons (Fsp3) is 0.625. The highest BCUT2D eigenvalue weighted by atomic mass is 16.5. The number of imide groups is 1. The lowest BCUT2D eigenvalue weighted by Gasteiger charge is -2.36. The molecular formula is C8H11NO6. The molecule has 0 aliphatic carbocycles. The Balaban J connectivity index is 3.05. The maximum absolute atomic E-state index is 11.3. The first-order chi connectivity index (χ1) is 6.93. The van der Waals surface area contributed by atoms with E-state index in [1.807, 2.05) is 0 Å². The van der Waals surface area contributed by atoms with Crippen molar-refractivity contribution >= 4 is 17.8 Å². The molecule has 0 bridgehead atoms. The Bertz CT molecular complexity index is 298. The normalized spacial score (nSPS) is 21.3. The lowest BCUT2D eigenvalue weighted by Crippen LogP contribution is -2.63. The van der Waals surface area contributed by atoms with Crippen molar-refractivity contribution in [2.45, 2.75) is 12.5 Å². The van der Waals surface area contributed by atoms with E-state index in [1.54, 1.807) is 0 Å². The minimum Gasteiger partial charge on any atom is -0.479 e. The molecule has 0 radical (unpaired) electrons. The Kier molecular flexibility index (Phi) is 3.06. The third-order valence-corrected chi connectivity index (χ3v) is 2.21. The van der Waals surface area contributed by atoms with Crippen molar-refractivity contribution in [2.75, 3.05) is 19.8 Å². The Hall–Kier alpha value is -1.47. The van der Waals surface area contributed by atoms with Crippen LogP contribution in [0.1, 0.15) is 6.92 Å². The molecule has 2 N–H and O–H groups in total. The lowest BCUT2D eigenvalue weighted by molar-refractivity contribution is -0.177. The topological polar surface area (TPSA) is 104 Å². The number of amides is 2. The number of carboxylic acids is 1. The van der Waals surface area contributed by atoms with E-state index in [1.165, 1.54) is 0 Å². The van der Waals surface area contributed by atoms with E-state index < -0.39 is 29.9 Å². The highest BCUT2D eigenvalue weighted by molar-refractivity contribution is 6.03. The quantitative estimate of drug-likeness (QED) is 0.541. The molecule has 0 aromatic heterocycles. The summed E-state index contributed by atoms with van der Waals surface area (Å²) in [6.07, 6.45) is 0. The van der Waals surface area contributed by atoms with Gasteiger partial charge in [0.2, 0.25) is 0 Å². The molecule has 0 aromatic rings. The summed E-state index contributed by atoms with van der Waals surface area (Å²) < 4.78 is 4.63. The van der Waals surface area contributed by atoms with E-state index >= 15 is 0 Å². The zero-order valence-corrected chi connectivity index (χ0v) is 8.10. The second kappa shape index (κ2) is 3.95. The first-order valence-corrected chi connectivity index (χ1v) is 4.21. The summed E-state index contributed by atoms with van der Waals surface area (Å²) >= 11 is 0. The first kappa shape index (κ1) is 11.6. The molecule has 7 heteroatoms. The summed E-state index contributed by atoms with van der Waals surface area (Å²) in [6, 6.07) is 0. The number of hydrogen-bond acceptors (Lipinski definition) is 5. The summed E-state index contributed by atoms with van der Waals surface area (Å²) in [4.78, 5) is 34.1. The van der Waals surface area contributed by atoms with Gasteiger partial charge in [0.05, 0.1) is 6.61 Å². The van der Waals surface area contributed by atoms with Gasteiger partial charge in [-0.25, -0.2) is 4.79 Å². The van der Waals surface area contributed by atoms with E-state index in [4.69, 9.17) is 10.2 Å². The summed E-state index contributed by atoms with van der Waals surface area (Å²) in [7, 11) is 0. The summed E-state index contributed by atoms with van der Waals surface area (Å²) in [5, 5.41) is 17.8. The summed E-state index contributed by atoms with van der Waals surface area (Å²) in [6.45, 7) is -0.431. The lowest BCUT2D eigenvalue weighted by atomic mass is 10.0. The van der Waals surface area contributed by atoms with E-state index in [2.05, 4.69) is 4.74 Å². The van der Waals surface area contributed by atoms with Crippen molar-refractivity contribution in [1.29, 1.82) is 0 Å². The molecule has 1 heterocycles. The van der Waals surface area contributed by atoms with E-state index in [0.717, 1.165) is 6.92 Å². The number of aliphatic hydroxyl groups excluding tert-OH is 1. The van der Waals surface area contributed by atoms with Crippen LogP contribution in [0.4, 0.5) is 0 Å². The van der Waals surface area contributed by atoms with Crippen LogP contribution in [-0.2, 0) is 19.1 Å². The van der Waals surface area contributed by atoms with E-state index in [-0.39, 0.29) is 13.2 Å². The Morgan fingerprint density at radius 1 is 1.47 bits per heavy atom. The van der Waals surface area contributed by atoms with Crippen molar-refractivity contribution in [1.82, 2.24) is 4.90 Å². The van der Waals surface area contributed by atoms with Crippen LogP contribution >= 0.6 is 0 Å². The number of carbonyl (C=O) groups is 3. The molecule has 0 spiro atoms. The predicted molar refractivity (Wildman–Crippen MR) is 45.8 cm³/mol. The molecule has 0 saturated carbocycles. The van der Waals surface area contributed by atoms with Crippen LogP contribution in [0.5, 0.6) is 0 Å². The molecule has 1 saturated heterocycles. The van der Waals surface area contributed by atoms with Crippen LogP contribution in [0.15, 0.2) is 0 Å². The van der Waals surface area contributed by atoms with Gasteiger partial charge in [-0.15, -0.1) is 0 Å². The van der Waals surface area contributed by atoms with Gasteiger partial charge in [0.25, 0.3) is 11.8 Å². The van der Waals surface area contributed by atoms with Crippen molar-refractivity contribution in [2.24, 2.45) is 0 Å². The number of morpholine rings is 1. The van der Waals surface area contributed by atoms with Gasteiger partial charge in [-0.05, 0) is 6.92 Å². The fourth-order valence-corrected chi connectivity index (χ4v) is 1.28. The number of carbonyl (C=O) groups excluding carboxylic acids is 2. The number of hydrogen-bond donors (Lipinski definition) is 2. The maximum atomic E-state index is 11.3.